The maximum atomic E-state index is 13.9. The Morgan fingerprint density at radius 3 is 1.27 bits per heavy atom. The highest BCUT2D eigenvalue weighted by Gasteiger charge is 2.43. The highest BCUT2D eigenvalue weighted by Crippen LogP contribution is 2.48. The van der Waals surface area contributed by atoms with Crippen LogP contribution in [0, 0.1) is 47.2 Å². The number of aryl methyl sites for hydroxylation is 2. The van der Waals surface area contributed by atoms with E-state index in [4.69, 9.17) is 119 Å². The summed E-state index contributed by atoms with van der Waals surface area (Å²) in [5.74, 6) is -26.8. The molecule has 8 aliphatic rings. The Hall–Kier alpha value is -6.20. The van der Waals surface area contributed by atoms with Gasteiger partial charge in [-0.05, 0) is 168 Å². The number of ketones is 4. The van der Waals surface area contributed by atoms with Crippen molar-refractivity contribution in [1.82, 2.24) is 19.6 Å². The zero-order valence-electron chi connectivity index (χ0n) is 112. The van der Waals surface area contributed by atoms with Crippen molar-refractivity contribution < 1.29 is 139 Å². The van der Waals surface area contributed by atoms with Crippen LogP contribution in [0.4, 0.5) is 0 Å². The molecule has 16 nitrogen and oxygen atoms in total. The van der Waals surface area contributed by atoms with Crippen molar-refractivity contribution in [3.63, 3.8) is 0 Å². The van der Waals surface area contributed by atoms with Crippen molar-refractivity contribution in [3.05, 3.63) is 93.0 Å². The van der Waals surface area contributed by atoms with Gasteiger partial charge in [-0.15, -0.1) is 0 Å². The number of benzene rings is 4. The van der Waals surface area contributed by atoms with Crippen LogP contribution in [0.15, 0.2) is 48.5 Å². The molecule has 0 N–H and O–H groups in total. The molecule has 16 heteroatoms. The molecule has 12 rings (SSSR count). The number of carbonyl (C=O) groups is 4. The summed E-state index contributed by atoms with van der Waals surface area (Å²) in [6.07, 6.45) is -27.7. The number of hydrogen-bond donors (Lipinski definition) is 0. The highest BCUT2D eigenvalue weighted by molar-refractivity contribution is 5.85. The Labute approximate surface area is 646 Å². The summed E-state index contributed by atoms with van der Waals surface area (Å²) < 4.78 is 521. The van der Waals surface area contributed by atoms with Crippen LogP contribution in [0.5, 0.6) is 46.0 Å². The molecule has 4 aromatic rings. The molecule has 0 amide bonds. The van der Waals surface area contributed by atoms with Gasteiger partial charge in [0.25, 0.3) is 0 Å². The van der Waals surface area contributed by atoms with Crippen molar-refractivity contribution in [2.45, 2.75) is 169 Å². The second kappa shape index (κ2) is 32.7. The molecule has 8 aliphatic heterocycles. The first-order valence-electron chi connectivity index (χ1n) is 59.4. The number of carbonyl (C=O) groups excluding carboxylic acids is 4. The fourth-order valence-corrected chi connectivity index (χ4v) is 11.6. The minimum absolute atomic E-state index is 0.0527. The lowest BCUT2D eigenvalue weighted by Crippen LogP contribution is -2.46. The number of nitrogens with zero attached hydrogens (tertiary/aromatic N) is 4. The first-order valence-corrected chi connectivity index (χ1v) is 29.4. The third kappa shape index (κ3) is 16.4. The van der Waals surface area contributed by atoms with Crippen molar-refractivity contribution in [2.24, 2.45) is 47.2 Å². The van der Waals surface area contributed by atoms with E-state index in [1.165, 1.54) is 6.07 Å². The van der Waals surface area contributed by atoms with Gasteiger partial charge in [0.15, 0.2) is 46.0 Å². The molecule has 0 aliphatic carbocycles. The highest BCUT2D eigenvalue weighted by atomic mass is 16.5. The van der Waals surface area contributed by atoms with Gasteiger partial charge in [-0.3, -0.25) is 38.8 Å². The fraction of sp³-hybridized carbons (Fsp3) is 0.641. The van der Waals surface area contributed by atoms with Crippen LogP contribution in [0.2, 0.25) is 0 Å². The fourth-order valence-electron chi connectivity index (χ4n) is 11.6. The second-order valence-electron chi connectivity index (χ2n) is 23.1. The number of fused-ring (bicyclic) bond motifs is 12. The summed E-state index contributed by atoms with van der Waals surface area (Å²) in [4.78, 5) is 56.8. The van der Waals surface area contributed by atoms with E-state index in [0.717, 1.165) is 46.2 Å². The average Bonchev–Trinajstić information content (AvgIpc) is 0.659. The molecule has 0 radical (unpaired) electrons. The Balaban J connectivity index is 0.000000229. The first kappa shape index (κ1) is 27.3. The predicted octanol–water partition coefficient (Wildman–Crippen LogP) is 13.7. The van der Waals surface area contributed by atoms with Crippen LogP contribution in [-0.2, 0) is 44.8 Å². The smallest absolute Gasteiger partial charge is 0.161 e. The van der Waals surface area contributed by atoms with E-state index in [2.05, 4.69) is 0 Å². The van der Waals surface area contributed by atoms with E-state index < -0.39 is 307 Å². The monoisotopic (exact) mass is 1360 g/mol. The first-order chi connectivity index (χ1) is 67.9. The van der Waals surface area contributed by atoms with Crippen LogP contribution >= 0.6 is 0 Å². The summed E-state index contributed by atoms with van der Waals surface area (Å²) in [5, 5.41) is 0. The van der Waals surface area contributed by atoms with Crippen molar-refractivity contribution in [1.29, 1.82) is 0 Å². The molecule has 4 aromatic carbocycles. The summed E-state index contributed by atoms with van der Waals surface area (Å²) in [5.41, 5.74) is -1.59. The molecule has 4 fully saturated rings. The van der Waals surface area contributed by atoms with Crippen LogP contribution in [-0.4, -0.2) is 151 Å². The Kier molecular flexibility index (Phi) is 9.48. The topological polar surface area (TPSA) is 155 Å². The van der Waals surface area contributed by atoms with E-state index in [-0.39, 0.29) is 78.0 Å². The molecule has 4 saturated heterocycles. The summed E-state index contributed by atoms with van der Waals surface area (Å²) in [7, 11) is -24.7. The SMILES string of the molecule is [2H]C([2H])([2H])Oc1cc2c(cc1OC([2H])([2H])[2H])C([2H])([2H])C([2H])([2H])N1CC(C([2H])([2H])C([2H])(C([2H])([2H])[2H])C([2H])([2H])C)C(=O)CC21[2H].[2H]C([2H])([2H])Oc1cc2c(cc1OC([2H])([2H])[2H])C([2H])([2H])C([2H])([2H])N1CC(CC(C)C)C(=O)CC21[2H].[2H]C([2H])([2H])Oc1cc2c(cc1OC([2H])([2H])[2H])C1N(CC2)C([2H])([2H])C([2H])(C([2H])([2H])C([2H])(C([2H])([2H])[2H])C([2H])([2H])C)C(=O)C1([2H])[2H].[2H]C([2H])([2H])Oc1cc2c(cc1OC([2H])([2H])[2H])C1N(CC2)C([2H])([2H])C([2H])(CC(C)C)C(=O)C1([2H])[2H]. The van der Waals surface area contributed by atoms with Crippen molar-refractivity contribution in [2.75, 3.05) is 108 Å². The third-order valence-corrected chi connectivity index (χ3v) is 16.1. The third-order valence-electron chi connectivity index (χ3n) is 16.1. The molecular weight excluding hydrogens is 1180 g/mol. The van der Waals surface area contributed by atoms with E-state index in [9.17, 15) is 20.5 Å². The minimum Gasteiger partial charge on any atom is -0.493 e. The molecule has 8 heterocycles. The van der Waals surface area contributed by atoms with Gasteiger partial charge in [0.2, 0.25) is 0 Å². The molecule has 0 bridgehead atoms. The maximum absolute atomic E-state index is 13.9. The zero-order valence-corrected chi connectivity index (χ0v) is 51.8. The largest absolute Gasteiger partial charge is 0.493 e. The predicted molar refractivity (Wildman–Crippen MR) is 370 cm³/mol. The van der Waals surface area contributed by atoms with Gasteiger partial charge in [0, 0.05) is 172 Å². The van der Waals surface area contributed by atoms with Gasteiger partial charge < -0.3 is 37.9 Å². The normalized spacial score (nSPS) is 44.1. The molecule has 516 valence electrons. The molecular formula is C78H112N4O12. The van der Waals surface area contributed by atoms with Crippen LogP contribution in [0.3, 0.4) is 0 Å². The van der Waals surface area contributed by atoms with Crippen LogP contribution in [0.25, 0.3) is 0 Å². The number of Topliss-reactive ketones (excluding diaryl/α,β-unsaturated/α-hetero) is 4. The standard InChI is InChI=1S/2C20H29NO3.2C19H27NO3/c2*1-5-13(2)8-15-12-21-7-6-14-9-19(23-3)20(24-4)10-16(14)17(21)11-18(15)22;2*1-12(2)7-14-11-20-6-5-13-8-18(22-3)19(23-4)9-15(13)16(20)10-17(14)21/h2*9-10,13,15,17H,5-8,11-12H2,1-4H3;2*8-9,12,14,16H,5-7,10-11H2,1-4H3/i2D3,3D3,4D3,5D2,8D2,11D2,12D2,13D,15D;2D3,3D3,4D3,5D2,6D2,7D2,8D2,13D,17D;3D3,4D3,10D2,11D2,14D;3D3,4D3,5D2,6D2,16D. The quantitative estimate of drug-likeness (QED) is 0.0926. The van der Waals surface area contributed by atoms with Crippen LogP contribution < -0.4 is 37.9 Å². The molecule has 10 unspecified atom stereocenters. The van der Waals surface area contributed by atoms with E-state index in [1.54, 1.807) is 13.8 Å². The molecule has 10 atom stereocenters. The van der Waals surface area contributed by atoms with Gasteiger partial charge >= 0.3 is 0 Å². The average molecular weight is 1360 g/mol. The summed E-state index contributed by atoms with van der Waals surface area (Å²) >= 11 is 0. The number of rotatable bonds is 18. The molecule has 0 saturated carbocycles. The maximum Gasteiger partial charge on any atom is 0.161 e. The van der Waals surface area contributed by atoms with Gasteiger partial charge in [0.1, 0.15) is 23.1 Å². The van der Waals surface area contributed by atoms with Crippen molar-refractivity contribution >= 4 is 23.1 Å². The molecule has 0 aromatic heterocycles. The summed E-state index contributed by atoms with van der Waals surface area (Å²) in [6, 6.07) is -0.779. The van der Waals surface area contributed by atoms with E-state index in [1.807, 2.05) is 13.8 Å². The van der Waals surface area contributed by atoms with E-state index >= 15 is 0 Å². The Morgan fingerprint density at radius 1 is 0.479 bits per heavy atom. The van der Waals surface area contributed by atoms with E-state index in [0.29, 0.717) is 41.7 Å². The summed E-state index contributed by atoms with van der Waals surface area (Å²) in [6.45, 7) is -13.3. The number of methoxy groups -OCH3 is 8. The van der Waals surface area contributed by atoms with Gasteiger partial charge in [-0.25, -0.2) is 0 Å². The van der Waals surface area contributed by atoms with Crippen molar-refractivity contribution in [3.8, 4) is 46.0 Å². The lowest BCUT2D eigenvalue weighted by atomic mass is 9.79. The Morgan fingerprint density at radius 2 is 0.851 bits per heavy atom. The Bertz CT molecular complexity index is 5870. The van der Waals surface area contributed by atoms with Crippen LogP contribution in [0.1, 0.15) is 270 Å². The van der Waals surface area contributed by atoms with Gasteiger partial charge in [-0.2, -0.15) is 0 Å². The molecule has 0 spiro atoms. The molecule has 94 heavy (non-hydrogen) atoms. The number of ether oxygens (including phenoxy) is 8. The van der Waals surface area contributed by atoms with Gasteiger partial charge in [0.05, 0.1) is 91.9 Å². The zero-order chi connectivity index (χ0) is 120. The lowest BCUT2D eigenvalue weighted by molar-refractivity contribution is -0.130. The second-order valence-corrected chi connectivity index (χ2v) is 23.1. The minimum atomic E-state index is -4.20. The van der Waals surface area contributed by atoms with Gasteiger partial charge in [-0.1, -0.05) is 68.0 Å². The lowest BCUT2D eigenvalue weighted by Gasteiger charge is -2.43. The number of piperidine rings is 4. The number of hydrogen-bond acceptors (Lipinski definition) is 16.